The summed E-state index contributed by atoms with van der Waals surface area (Å²) in [7, 11) is -1.52. The standard InChI is InChI=1S/C17H25N3O3S.ClH/c1-18-13-14-8-11-19(12-9-14)24(22,23)16-6-4-15(5-7-16)20-10-2-3-17(20)21;/h4-7,14,18H,2-3,8-13H2,1H3;1H. The molecule has 25 heavy (non-hydrogen) atoms. The van der Waals surface area contributed by atoms with Crippen molar-refractivity contribution in [3.63, 3.8) is 0 Å². The van der Waals surface area contributed by atoms with E-state index >= 15 is 0 Å². The summed E-state index contributed by atoms with van der Waals surface area (Å²) in [6.07, 6.45) is 3.21. The van der Waals surface area contributed by atoms with Crippen LogP contribution in [0.4, 0.5) is 5.69 Å². The van der Waals surface area contributed by atoms with Gasteiger partial charge in [0.1, 0.15) is 0 Å². The van der Waals surface area contributed by atoms with E-state index in [-0.39, 0.29) is 18.3 Å². The number of nitrogens with one attached hydrogen (secondary N) is 1. The van der Waals surface area contributed by atoms with Gasteiger partial charge in [0.25, 0.3) is 0 Å². The maximum Gasteiger partial charge on any atom is 0.243 e. The minimum Gasteiger partial charge on any atom is -0.319 e. The fourth-order valence-electron chi connectivity index (χ4n) is 3.51. The van der Waals surface area contributed by atoms with Crippen LogP contribution in [0, 0.1) is 5.92 Å². The van der Waals surface area contributed by atoms with Gasteiger partial charge in [0.2, 0.25) is 15.9 Å². The molecule has 0 radical (unpaired) electrons. The number of amides is 1. The predicted molar refractivity (Wildman–Crippen MR) is 101 cm³/mol. The molecule has 140 valence electrons. The summed E-state index contributed by atoms with van der Waals surface area (Å²) < 4.78 is 27.1. The third-order valence-corrected chi connectivity index (χ3v) is 6.84. The highest BCUT2D eigenvalue weighted by Gasteiger charge is 2.29. The van der Waals surface area contributed by atoms with Crippen molar-refractivity contribution in [3.8, 4) is 0 Å². The molecule has 2 saturated heterocycles. The second kappa shape index (κ2) is 8.49. The van der Waals surface area contributed by atoms with Crippen LogP contribution in [0.15, 0.2) is 29.2 Å². The molecule has 8 heteroatoms. The van der Waals surface area contributed by atoms with Crippen LogP contribution in [-0.4, -0.2) is 51.9 Å². The van der Waals surface area contributed by atoms with Crippen LogP contribution in [0.2, 0.25) is 0 Å². The number of anilines is 1. The molecule has 0 spiro atoms. The zero-order chi connectivity index (χ0) is 17.2. The lowest BCUT2D eigenvalue weighted by Gasteiger charge is -2.31. The van der Waals surface area contributed by atoms with Crippen LogP contribution in [0.3, 0.4) is 0 Å². The highest BCUT2D eigenvalue weighted by atomic mass is 35.5. The Morgan fingerprint density at radius 2 is 1.76 bits per heavy atom. The molecule has 0 bridgehead atoms. The van der Waals surface area contributed by atoms with Crippen molar-refractivity contribution in [2.45, 2.75) is 30.6 Å². The van der Waals surface area contributed by atoms with Crippen LogP contribution >= 0.6 is 12.4 Å². The minimum absolute atomic E-state index is 0. The molecule has 2 heterocycles. The molecule has 0 atom stereocenters. The highest BCUT2D eigenvalue weighted by Crippen LogP contribution is 2.26. The van der Waals surface area contributed by atoms with Gasteiger partial charge in [-0.25, -0.2) is 8.42 Å². The van der Waals surface area contributed by atoms with Gasteiger partial charge in [-0.15, -0.1) is 12.4 Å². The minimum atomic E-state index is -3.44. The van der Waals surface area contributed by atoms with Crippen molar-refractivity contribution in [2.75, 3.05) is 38.1 Å². The Labute approximate surface area is 156 Å². The van der Waals surface area contributed by atoms with Crippen LogP contribution in [0.5, 0.6) is 0 Å². The van der Waals surface area contributed by atoms with Gasteiger partial charge in [0.05, 0.1) is 4.90 Å². The molecule has 2 aliphatic rings. The average molecular weight is 388 g/mol. The number of sulfonamides is 1. The molecule has 0 aliphatic carbocycles. The molecule has 0 unspecified atom stereocenters. The molecule has 1 amide bonds. The van der Waals surface area contributed by atoms with Crippen molar-refractivity contribution < 1.29 is 13.2 Å². The van der Waals surface area contributed by atoms with Crippen LogP contribution in [0.25, 0.3) is 0 Å². The average Bonchev–Trinajstić information content (AvgIpc) is 3.02. The van der Waals surface area contributed by atoms with E-state index in [0.717, 1.165) is 31.5 Å². The van der Waals surface area contributed by atoms with Crippen molar-refractivity contribution in [1.82, 2.24) is 9.62 Å². The second-order valence-electron chi connectivity index (χ2n) is 6.55. The summed E-state index contributed by atoms with van der Waals surface area (Å²) in [6, 6.07) is 6.72. The SMILES string of the molecule is CNCC1CCN(S(=O)(=O)c2ccc(N3CCCC3=O)cc2)CC1.Cl. The maximum absolute atomic E-state index is 12.8. The number of nitrogens with zero attached hydrogens (tertiary/aromatic N) is 2. The topological polar surface area (TPSA) is 69.7 Å². The molecular formula is C17H26ClN3O3S. The van der Waals surface area contributed by atoms with E-state index in [4.69, 9.17) is 0 Å². The number of rotatable bonds is 5. The number of hydrogen-bond acceptors (Lipinski definition) is 4. The summed E-state index contributed by atoms with van der Waals surface area (Å²) in [5, 5.41) is 3.16. The monoisotopic (exact) mass is 387 g/mol. The van der Waals surface area contributed by atoms with Gasteiger partial charge in [-0.3, -0.25) is 4.79 Å². The first kappa shape index (κ1) is 20.2. The summed E-state index contributed by atoms with van der Waals surface area (Å²) in [6.45, 7) is 2.79. The molecule has 6 nitrogen and oxygen atoms in total. The molecule has 0 aromatic heterocycles. The van der Waals surface area contributed by atoms with Crippen LogP contribution < -0.4 is 10.2 Å². The van der Waals surface area contributed by atoms with E-state index in [1.165, 1.54) is 0 Å². The van der Waals surface area contributed by atoms with Gasteiger partial charge in [0.15, 0.2) is 0 Å². The number of carbonyl (C=O) groups excluding carboxylic acids is 1. The third-order valence-electron chi connectivity index (χ3n) is 4.93. The normalized spacial score (nSPS) is 19.9. The quantitative estimate of drug-likeness (QED) is 0.837. The Morgan fingerprint density at radius 1 is 1.12 bits per heavy atom. The summed E-state index contributed by atoms with van der Waals surface area (Å²) in [4.78, 5) is 13.8. The lowest BCUT2D eigenvalue weighted by atomic mass is 9.98. The number of benzene rings is 1. The summed E-state index contributed by atoms with van der Waals surface area (Å²) in [5.41, 5.74) is 0.782. The first-order valence-electron chi connectivity index (χ1n) is 8.57. The molecule has 1 N–H and O–H groups in total. The Morgan fingerprint density at radius 3 is 2.28 bits per heavy atom. The van der Waals surface area contributed by atoms with Crippen LogP contribution in [-0.2, 0) is 14.8 Å². The van der Waals surface area contributed by atoms with Gasteiger partial charge in [-0.2, -0.15) is 4.31 Å². The molecule has 0 saturated carbocycles. The zero-order valence-corrected chi connectivity index (χ0v) is 16.1. The molecule has 2 aliphatic heterocycles. The van der Waals surface area contributed by atoms with Gasteiger partial charge in [0, 0.05) is 31.7 Å². The van der Waals surface area contributed by atoms with Gasteiger partial charge in [-0.05, 0) is 63.0 Å². The Kier molecular flexibility index (Phi) is 6.85. The second-order valence-corrected chi connectivity index (χ2v) is 8.49. The molecule has 1 aromatic carbocycles. The van der Waals surface area contributed by atoms with Gasteiger partial charge >= 0.3 is 0 Å². The number of piperidine rings is 1. The smallest absolute Gasteiger partial charge is 0.243 e. The summed E-state index contributed by atoms with van der Waals surface area (Å²) >= 11 is 0. The van der Waals surface area contributed by atoms with Crippen molar-refractivity contribution in [2.24, 2.45) is 5.92 Å². The van der Waals surface area contributed by atoms with Gasteiger partial charge < -0.3 is 10.2 Å². The first-order valence-corrected chi connectivity index (χ1v) is 10.0. The number of halogens is 1. The lowest BCUT2D eigenvalue weighted by Crippen LogP contribution is -2.40. The number of carbonyl (C=O) groups is 1. The van der Waals surface area contributed by atoms with Crippen molar-refractivity contribution >= 4 is 34.0 Å². The molecule has 3 rings (SSSR count). The maximum atomic E-state index is 12.8. The van der Waals surface area contributed by atoms with E-state index in [2.05, 4.69) is 5.32 Å². The number of hydrogen-bond donors (Lipinski definition) is 1. The Hall–Kier alpha value is -1.15. The molecule has 2 fully saturated rings. The lowest BCUT2D eigenvalue weighted by molar-refractivity contribution is -0.117. The third kappa shape index (κ3) is 4.34. The fraction of sp³-hybridized carbons (Fsp3) is 0.588. The van der Waals surface area contributed by atoms with E-state index in [1.807, 2.05) is 7.05 Å². The molecular weight excluding hydrogens is 362 g/mol. The predicted octanol–water partition coefficient (Wildman–Crippen LogP) is 1.86. The van der Waals surface area contributed by atoms with E-state index in [9.17, 15) is 13.2 Å². The highest BCUT2D eigenvalue weighted by molar-refractivity contribution is 7.89. The van der Waals surface area contributed by atoms with Crippen molar-refractivity contribution in [3.05, 3.63) is 24.3 Å². The first-order chi connectivity index (χ1) is 11.5. The fourth-order valence-corrected chi connectivity index (χ4v) is 4.98. The Bertz CT molecular complexity index is 686. The zero-order valence-electron chi connectivity index (χ0n) is 14.5. The van der Waals surface area contributed by atoms with E-state index < -0.39 is 10.0 Å². The summed E-state index contributed by atoms with van der Waals surface area (Å²) in [5.74, 6) is 0.655. The Balaban J connectivity index is 0.00000225. The molecule has 1 aromatic rings. The van der Waals surface area contributed by atoms with Crippen LogP contribution in [0.1, 0.15) is 25.7 Å². The van der Waals surface area contributed by atoms with Gasteiger partial charge in [-0.1, -0.05) is 0 Å². The van der Waals surface area contributed by atoms with E-state index in [1.54, 1.807) is 33.5 Å². The largest absolute Gasteiger partial charge is 0.319 e. The van der Waals surface area contributed by atoms with Crippen molar-refractivity contribution in [1.29, 1.82) is 0 Å². The van der Waals surface area contributed by atoms with E-state index in [0.29, 0.717) is 36.9 Å².